The van der Waals surface area contributed by atoms with Crippen LogP contribution in [0.15, 0.2) is 78.9 Å². The number of carbonyl (C=O) groups excluding carboxylic acids is 1. The Morgan fingerprint density at radius 1 is 1.03 bits per heavy atom. The third-order valence-corrected chi connectivity index (χ3v) is 5.94. The topological polar surface area (TPSA) is 61.8 Å². The number of ether oxygens (including phenoxy) is 1. The molecule has 1 unspecified atom stereocenters. The molecular formula is C26H28N2O3. The van der Waals surface area contributed by atoms with Gasteiger partial charge in [-0.25, -0.2) is 0 Å². The highest BCUT2D eigenvalue weighted by molar-refractivity contribution is 5.88. The van der Waals surface area contributed by atoms with Gasteiger partial charge in [0.1, 0.15) is 0 Å². The van der Waals surface area contributed by atoms with Gasteiger partial charge in [0.15, 0.2) is 11.5 Å². The number of carbonyl (C=O) groups is 1. The Hall–Kier alpha value is -3.31. The van der Waals surface area contributed by atoms with Crippen molar-refractivity contribution in [2.24, 2.45) is 0 Å². The number of hydrogen-bond donors (Lipinski definition) is 2. The summed E-state index contributed by atoms with van der Waals surface area (Å²) in [6.45, 7) is 3.26. The van der Waals surface area contributed by atoms with Crippen molar-refractivity contribution < 1.29 is 14.6 Å². The Kier molecular flexibility index (Phi) is 5.96. The molecule has 1 aliphatic heterocycles. The van der Waals surface area contributed by atoms with E-state index in [1.54, 1.807) is 12.1 Å². The summed E-state index contributed by atoms with van der Waals surface area (Å²) >= 11 is 0. The number of phenols is 1. The minimum atomic E-state index is -0.777. The first-order valence-corrected chi connectivity index (χ1v) is 10.5. The molecular weight excluding hydrogens is 388 g/mol. The molecule has 0 aliphatic carbocycles. The first kappa shape index (κ1) is 20.9. The zero-order chi connectivity index (χ0) is 21.8. The number of hydrogen-bond acceptors (Lipinski definition) is 4. The van der Waals surface area contributed by atoms with Gasteiger partial charge in [-0.2, -0.15) is 0 Å². The van der Waals surface area contributed by atoms with E-state index < -0.39 is 5.54 Å². The Balaban J connectivity index is 1.66. The van der Waals surface area contributed by atoms with Crippen molar-refractivity contribution >= 4 is 5.91 Å². The van der Waals surface area contributed by atoms with Crippen LogP contribution < -0.4 is 10.1 Å². The fourth-order valence-electron chi connectivity index (χ4n) is 4.41. The van der Waals surface area contributed by atoms with Crippen LogP contribution in [-0.2, 0) is 11.2 Å². The Bertz CT molecular complexity index is 1000. The SMILES string of the molecule is COc1ccc(CC2(C)NCCN(C(c3ccccc3)c3ccccc3)C2=O)cc1O. The van der Waals surface area contributed by atoms with Crippen molar-refractivity contribution in [3.8, 4) is 11.5 Å². The summed E-state index contributed by atoms with van der Waals surface area (Å²) < 4.78 is 5.14. The van der Waals surface area contributed by atoms with E-state index in [0.29, 0.717) is 25.3 Å². The molecule has 0 bridgehead atoms. The van der Waals surface area contributed by atoms with Crippen molar-refractivity contribution in [1.29, 1.82) is 0 Å². The maximum Gasteiger partial charge on any atom is 0.243 e. The van der Waals surface area contributed by atoms with Gasteiger partial charge >= 0.3 is 0 Å². The van der Waals surface area contributed by atoms with E-state index in [1.165, 1.54) is 7.11 Å². The van der Waals surface area contributed by atoms with Crippen LogP contribution in [0.1, 0.15) is 29.7 Å². The summed E-state index contributed by atoms with van der Waals surface area (Å²) in [6.07, 6.45) is 0.468. The molecule has 0 saturated carbocycles. The Labute approximate surface area is 183 Å². The van der Waals surface area contributed by atoms with Crippen molar-refractivity contribution in [2.45, 2.75) is 24.9 Å². The van der Waals surface area contributed by atoms with Crippen molar-refractivity contribution in [3.63, 3.8) is 0 Å². The summed E-state index contributed by atoms with van der Waals surface area (Å²) in [5, 5.41) is 13.6. The smallest absolute Gasteiger partial charge is 0.243 e. The lowest BCUT2D eigenvalue weighted by Gasteiger charge is -2.44. The van der Waals surface area contributed by atoms with Crippen LogP contribution in [0.2, 0.25) is 0 Å². The predicted octanol–water partition coefficient (Wildman–Crippen LogP) is 3.92. The van der Waals surface area contributed by atoms with Gasteiger partial charge in [-0.15, -0.1) is 0 Å². The first-order chi connectivity index (χ1) is 15.0. The summed E-state index contributed by atoms with van der Waals surface area (Å²) in [5.41, 5.74) is 2.28. The van der Waals surface area contributed by atoms with E-state index in [4.69, 9.17) is 4.74 Å². The van der Waals surface area contributed by atoms with Crippen molar-refractivity contribution in [1.82, 2.24) is 10.2 Å². The molecule has 31 heavy (non-hydrogen) atoms. The maximum absolute atomic E-state index is 13.8. The number of phenolic OH excluding ortho intramolecular Hbond substituents is 1. The van der Waals surface area contributed by atoms with Gasteiger partial charge < -0.3 is 20.1 Å². The third-order valence-electron chi connectivity index (χ3n) is 5.94. The molecule has 5 heteroatoms. The van der Waals surface area contributed by atoms with E-state index in [1.807, 2.05) is 54.3 Å². The molecule has 0 radical (unpaired) electrons. The monoisotopic (exact) mass is 416 g/mol. The first-order valence-electron chi connectivity index (χ1n) is 10.5. The molecule has 0 aromatic heterocycles. The average molecular weight is 417 g/mol. The summed E-state index contributed by atoms with van der Waals surface area (Å²) in [5.74, 6) is 0.550. The normalized spacial score (nSPS) is 18.9. The van der Waals surface area contributed by atoms with E-state index >= 15 is 0 Å². The standard InChI is InChI=1S/C26H28N2O3/c1-26(18-19-13-14-23(31-2)22(29)17-19)25(30)28(16-15-27-26)24(20-9-5-3-6-10-20)21-11-7-4-8-12-21/h3-14,17,24,27,29H,15-16,18H2,1-2H3. The minimum absolute atomic E-state index is 0.0479. The van der Waals surface area contributed by atoms with Crippen LogP contribution in [0.25, 0.3) is 0 Å². The van der Waals surface area contributed by atoms with E-state index in [-0.39, 0.29) is 17.7 Å². The van der Waals surface area contributed by atoms with Gasteiger partial charge in [0.2, 0.25) is 5.91 Å². The zero-order valence-corrected chi connectivity index (χ0v) is 17.9. The molecule has 3 aromatic carbocycles. The van der Waals surface area contributed by atoms with Gasteiger partial charge in [-0.1, -0.05) is 66.7 Å². The molecule has 1 aliphatic rings. The molecule has 1 amide bonds. The highest BCUT2D eigenvalue weighted by Crippen LogP contribution is 2.34. The van der Waals surface area contributed by atoms with Crippen LogP contribution in [0.4, 0.5) is 0 Å². The highest BCUT2D eigenvalue weighted by atomic mass is 16.5. The average Bonchev–Trinajstić information content (AvgIpc) is 2.79. The van der Waals surface area contributed by atoms with Crippen LogP contribution in [0.5, 0.6) is 11.5 Å². The molecule has 1 fully saturated rings. The predicted molar refractivity (Wildman–Crippen MR) is 121 cm³/mol. The highest BCUT2D eigenvalue weighted by Gasteiger charge is 2.42. The number of benzene rings is 3. The van der Waals surface area contributed by atoms with Crippen molar-refractivity contribution in [3.05, 3.63) is 95.6 Å². The molecule has 4 rings (SSSR count). The number of nitrogens with zero attached hydrogens (tertiary/aromatic N) is 1. The summed E-state index contributed by atoms with van der Waals surface area (Å²) in [6, 6.07) is 25.5. The third kappa shape index (κ3) is 4.28. The Morgan fingerprint density at radius 2 is 1.65 bits per heavy atom. The van der Waals surface area contributed by atoms with Crippen LogP contribution in [-0.4, -0.2) is 41.7 Å². The van der Waals surface area contributed by atoms with Crippen molar-refractivity contribution in [2.75, 3.05) is 20.2 Å². The molecule has 160 valence electrons. The fraction of sp³-hybridized carbons (Fsp3) is 0.269. The molecule has 0 spiro atoms. The largest absolute Gasteiger partial charge is 0.504 e. The number of rotatable bonds is 6. The number of amides is 1. The molecule has 1 heterocycles. The van der Waals surface area contributed by atoms with Crippen LogP contribution >= 0.6 is 0 Å². The Morgan fingerprint density at radius 3 is 2.19 bits per heavy atom. The lowest BCUT2D eigenvalue weighted by atomic mass is 9.87. The minimum Gasteiger partial charge on any atom is -0.504 e. The summed E-state index contributed by atoms with van der Waals surface area (Å²) in [7, 11) is 1.52. The van der Waals surface area contributed by atoms with Gasteiger partial charge in [0.25, 0.3) is 0 Å². The van der Waals surface area contributed by atoms with Crippen LogP contribution in [0, 0.1) is 0 Å². The second kappa shape index (κ2) is 8.82. The lowest BCUT2D eigenvalue weighted by molar-refractivity contribution is -0.142. The lowest BCUT2D eigenvalue weighted by Crippen LogP contribution is -2.64. The maximum atomic E-state index is 13.8. The quantitative estimate of drug-likeness (QED) is 0.639. The molecule has 1 saturated heterocycles. The number of piperazine rings is 1. The zero-order valence-electron chi connectivity index (χ0n) is 17.9. The van der Waals surface area contributed by atoms with E-state index in [0.717, 1.165) is 16.7 Å². The van der Waals surface area contributed by atoms with Gasteiger partial charge in [0.05, 0.1) is 18.7 Å². The second-order valence-electron chi connectivity index (χ2n) is 8.16. The van der Waals surface area contributed by atoms with Crippen LogP contribution in [0.3, 0.4) is 0 Å². The number of nitrogens with one attached hydrogen (secondary N) is 1. The van der Waals surface area contributed by atoms with Gasteiger partial charge in [0, 0.05) is 13.1 Å². The van der Waals surface area contributed by atoms with Gasteiger partial charge in [-0.3, -0.25) is 4.79 Å². The number of methoxy groups -OCH3 is 1. The number of aromatic hydroxyl groups is 1. The molecule has 3 aromatic rings. The van der Waals surface area contributed by atoms with E-state index in [2.05, 4.69) is 29.6 Å². The molecule has 1 atom stereocenters. The molecule has 2 N–H and O–H groups in total. The second-order valence-corrected chi connectivity index (χ2v) is 8.16. The van der Waals surface area contributed by atoms with E-state index in [9.17, 15) is 9.90 Å². The fourth-order valence-corrected chi connectivity index (χ4v) is 4.41. The summed E-state index contributed by atoms with van der Waals surface area (Å²) in [4.78, 5) is 15.8. The molecule has 5 nitrogen and oxygen atoms in total. The van der Waals surface area contributed by atoms with Gasteiger partial charge in [-0.05, 0) is 42.2 Å².